The summed E-state index contributed by atoms with van der Waals surface area (Å²) in [5, 5.41) is 5.86. The van der Waals surface area contributed by atoms with Crippen molar-refractivity contribution in [3.63, 3.8) is 0 Å². The van der Waals surface area contributed by atoms with E-state index in [1.54, 1.807) is 12.1 Å². The molecular formula is C16H13Br3N2O2S. The Balaban J connectivity index is 2.14. The molecule has 2 aromatic carbocycles. The molecule has 0 spiro atoms. The molecular weight excluding hydrogens is 524 g/mol. The molecule has 1 amide bonds. The number of carbonyl (C=O) groups excluding carboxylic acids is 1. The minimum absolute atomic E-state index is 0.208. The largest absolute Gasteiger partial charge is 0.495 e. The summed E-state index contributed by atoms with van der Waals surface area (Å²) in [7, 11) is 1.51. The molecule has 0 radical (unpaired) electrons. The zero-order valence-corrected chi connectivity index (χ0v) is 18.3. The molecule has 2 rings (SSSR count). The number of carbonyl (C=O) groups is 1. The lowest BCUT2D eigenvalue weighted by Gasteiger charge is -2.13. The Morgan fingerprint density at radius 1 is 1.12 bits per heavy atom. The summed E-state index contributed by atoms with van der Waals surface area (Å²) in [4.78, 5) is 12.5. The van der Waals surface area contributed by atoms with Crippen LogP contribution in [0, 0.1) is 6.92 Å². The average Bonchev–Trinajstić information content (AvgIpc) is 2.50. The van der Waals surface area contributed by atoms with Gasteiger partial charge in [-0.15, -0.1) is 0 Å². The number of halogens is 3. The zero-order chi connectivity index (χ0) is 17.9. The first-order valence-electron chi connectivity index (χ1n) is 6.73. The maximum Gasteiger partial charge on any atom is 0.261 e. The van der Waals surface area contributed by atoms with Gasteiger partial charge in [-0.3, -0.25) is 10.1 Å². The van der Waals surface area contributed by atoms with E-state index in [1.165, 1.54) is 7.11 Å². The van der Waals surface area contributed by atoms with Gasteiger partial charge >= 0.3 is 0 Å². The van der Waals surface area contributed by atoms with Crippen molar-refractivity contribution in [3.05, 3.63) is 54.9 Å². The molecule has 0 fully saturated rings. The number of benzene rings is 2. The highest BCUT2D eigenvalue weighted by molar-refractivity contribution is 9.11. The quantitative estimate of drug-likeness (QED) is 0.514. The molecule has 0 aliphatic rings. The van der Waals surface area contributed by atoms with Gasteiger partial charge in [0.2, 0.25) is 0 Å². The van der Waals surface area contributed by atoms with Gasteiger partial charge in [-0.05, 0) is 71.0 Å². The van der Waals surface area contributed by atoms with Crippen molar-refractivity contribution in [1.29, 1.82) is 0 Å². The lowest BCUT2D eigenvalue weighted by Crippen LogP contribution is -2.34. The third-order valence-corrected chi connectivity index (χ3v) is 5.24. The molecule has 0 saturated heterocycles. The number of rotatable bonds is 3. The van der Waals surface area contributed by atoms with Gasteiger partial charge in [0.15, 0.2) is 5.11 Å². The number of aryl methyl sites for hydroxylation is 1. The van der Waals surface area contributed by atoms with Crippen LogP contribution in [0.25, 0.3) is 0 Å². The van der Waals surface area contributed by atoms with Crippen molar-refractivity contribution >= 4 is 76.7 Å². The van der Waals surface area contributed by atoms with E-state index in [0.29, 0.717) is 15.8 Å². The molecule has 8 heteroatoms. The summed E-state index contributed by atoms with van der Waals surface area (Å²) in [6.45, 7) is 1.97. The van der Waals surface area contributed by atoms with Gasteiger partial charge in [0, 0.05) is 14.6 Å². The number of nitrogens with one attached hydrogen (secondary N) is 2. The first-order valence-corrected chi connectivity index (χ1v) is 9.52. The molecule has 0 unspecified atom stereocenters. The van der Waals surface area contributed by atoms with E-state index in [0.717, 1.165) is 20.2 Å². The SMILES string of the molecule is COc1c(Br)cc(Br)cc1C(=O)NC(=S)Nc1ccc(Br)c(C)c1. The van der Waals surface area contributed by atoms with Crippen molar-refractivity contribution in [2.24, 2.45) is 0 Å². The zero-order valence-electron chi connectivity index (χ0n) is 12.7. The van der Waals surface area contributed by atoms with Crippen LogP contribution in [0.5, 0.6) is 5.75 Å². The predicted molar refractivity (Wildman–Crippen MR) is 111 cm³/mol. The molecule has 4 nitrogen and oxygen atoms in total. The average molecular weight is 537 g/mol. The van der Waals surface area contributed by atoms with Crippen LogP contribution in [0.3, 0.4) is 0 Å². The van der Waals surface area contributed by atoms with Crippen molar-refractivity contribution in [2.75, 3.05) is 12.4 Å². The van der Waals surface area contributed by atoms with Gasteiger partial charge in [-0.25, -0.2) is 0 Å². The first-order chi connectivity index (χ1) is 11.3. The van der Waals surface area contributed by atoms with Crippen molar-refractivity contribution < 1.29 is 9.53 Å². The Hall–Kier alpha value is -0.960. The highest BCUT2D eigenvalue weighted by atomic mass is 79.9. The van der Waals surface area contributed by atoms with E-state index in [2.05, 4.69) is 58.4 Å². The summed E-state index contributed by atoms with van der Waals surface area (Å²) in [5.41, 5.74) is 2.23. The molecule has 0 aromatic heterocycles. The van der Waals surface area contributed by atoms with E-state index in [9.17, 15) is 4.79 Å². The van der Waals surface area contributed by atoms with Crippen LogP contribution in [0.15, 0.2) is 43.7 Å². The van der Waals surface area contributed by atoms with Crippen LogP contribution in [0.4, 0.5) is 5.69 Å². The number of anilines is 1. The Morgan fingerprint density at radius 3 is 2.46 bits per heavy atom. The molecule has 0 aliphatic heterocycles. The molecule has 0 heterocycles. The minimum atomic E-state index is -0.361. The second kappa shape index (κ2) is 8.42. The van der Waals surface area contributed by atoms with Crippen molar-refractivity contribution in [2.45, 2.75) is 6.92 Å². The summed E-state index contributed by atoms with van der Waals surface area (Å²) in [5.74, 6) is 0.0816. The van der Waals surface area contributed by atoms with Crippen molar-refractivity contribution in [3.8, 4) is 5.75 Å². The van der Waals surface area contributed by atoms with E-state index < -0.39 is 0 Å². The van der Waals surface area contributed by atoms with E-state index >= 15 is 0 Å². The molecule has 0 bridgehead atoms. The molecule has 0 atom stereocenters. The Morgan fingerprint density at radius 2 is 1.83 bits per heavy atom. The number of hydrogen-bond donors (Lipinski definition) is 2. The Kier molecular flexibility index (Phi) is 6.79. The Bertz CT molecular complexity index is 812. The summed E-state index contributed by atoms with van der Waals surface area (Å²) < 4.78 is 7.72. The van der Waals surface area contributed by atoms with Gasteiger partial charge < -0.3 is 10.1 Å². The smallest absolute Gasteiger partial charge is 0.261 e. The van der Waals surface area contributed by atoms with Crippen LogP contribution in [0.1, 0.15) is 15.9 Å². The molecule has 2 aromatic rings. The van der Waals surface area contributed by atoms with Gasteiger partial charge in [-0.2, -0.15) is 0 Å². The lowest BCUT2D eigenvalue weighted by atomic mass is 10.2. The molecule has 0 saturated carbocycles. The third kappa shape index (κ3) is 4.78. The fourth-order valence-electron chi connectivity index (χ4n) is 1.99. The van der Waals surface area contributed by atoms with Crippen LogP contribution in [-0.4, -0.2) is 18.1 Å². The van der Waals surface area contributed by atoms with Crippen LogP contribution < -0.4 is 15.4 Å². The second-order valence-corrected chi connectivity index (χ2v) is 7.87. The molecule has 24 heavy (non-hydrogen) atoms. The van der Waals surface area contributed by atoms with E-state index in [4.69, 9.17) is 17.0 Å². The van der Waals surface area contributed by atoms with Gasteiger partial charge in [0.25, 0.3) is 5.91 Å². The third-order valence-electron chi connectivity index (χ3n) is 3.10. The summed E-state index contributed by atoms with van der Waals surface area (Å²) in [6, 6.07) is 9.18. The fourth-order valence-corrected chi connectivity index (χ4v) is 3.84. The number of thiocarbonyl (C=S) groups is 1. The first kappa shape index (κ1) is 19.4. The standard InChI is InChI=1S/C16H13Br3N2O2S/c1-8-5-10(3-4-12(8)18)20-16(24)21-15(22)11-6-9(17)7-13(19)14(11)23-2/h3-7H,1-2H3,(H2,20,21,22,24). The van der Waals surface area contributed by atoms with Gasteiger partial charge in [0.05, 0.1) is 17.1 Å². The molecule has 0 aliphatic carbocycles. The predicted octanol–water partition coefficient (Wildman–Crippen LogP) is 5.42. The number of hydrogen-bond acceptors (Lipinski definition) is 3. The maximum absolute atomic E-state index is 12.5. The van der Waals surface area contributed by atoms with Crippen LogP contribution in [0.2, 0.25) is 0 Å². The van der Waals surface area contributed by atoms with Gasteiger partial charge in [0.1, 0.15) is 5.75 Å². The second-order valence-electron chi connectivity index (χ2n) is 4.84. The minimum Gasteiger partial charge on any atom is -0.495 e. The Labute approximate surface area is 170 Å². The normalized spacial score (nSPS) is 10.2. The number of ether oxygens (including phenoxy) is 1. The van der Waals surface area contributed by atoms with E-state index in [1.807, 2.05) is 25.1 Å². The highest BCUT2D eigenvalue weighted by Gasteiger charge is 2.17. The number of amides is 1. The monoisotopic (exact) mass is 534 g/mol. The summed E-state index contributed by atoms with van der Waals surface area (Å²) >= 11 is 15.4. The number of methoxy groups -OCH3 is 1. The topological polar surface area (TPSA) is 50.4 Å². The maximum atomic E-state index is 12.5. The highest BCUT2D eigenvalue weighted by Crippen LogP contribution is 2.32. The van der Waals surface area contributed by atoms with Crippen LogP contribution in [-0.2, 0) is 0 Å². The van der Waals surface area contributed by atoms with Crippen molar-refractivity contribution in [1.82, 2.24) is 5.32 Å². The van der Waals surface area contributed by atoms with E-state index in [-0.39, 0.29) is 11.0 Å². The molecule has 126 valence electrons. The van der Waals surface area contributed by atoms with Crippen LogP contribution >= 0.6 is 60.0 Å². The summed E-state index contributed by atoms with van der Waals surface area (Å²) in [6.07, 6.45) is 0. The lowest BCUT2D eigenvalue weighted by molar-refractivity contribution is 0.0974. The molecule has 2 N–H and O–H groups in total. The fraction of sp³-hybridized carbons (Fsp3) is 0.125. The van der Waals surface area contributed by atoms with Gasteiger partial charge in [-0.1, -0.05) is 31.9 Å².